The highest BCUT2D eigenvalue weighted by Gasteiger charge is 2.21. The first-order valence-corrected chi connectivity index (χ1v) is 6.06. The molecule has 1 fully saturated rings. The smallest absolute Gasteiger partial charge is 0.266 e. The SMILES string of the molecule is O=C1CSCN1CCS(=O)(=O)O. The molecule has 1 aliphatic heterocycles. The largest absolute Gasteiger partial charge is 0.332 e. The molecule has 0 bridgehead atoms. The van der Waals surface area contributed by atoms with Gasteiger partial charge in [-0.25, -0.2) is 0 Å². The van der Waals surface area contributed by atoms with Crippen molar-refractivity contribution in [1.29, 1.82) is 0 Å². The van der Waals surface area contributed by atoms with Crippen molar-refractivity contribution in [2.45, 2.75) is 0 Å². The quantitative estimate of drug-likeness (QED) is 0.631. The molecule has 1 N–H and O–H groups in total. The first-order chi connectivity index (χ1) is 5.49. The van der Waals surface area contributed by atoms with Gasteiger partial charge in [0.15, 0.2) is 0 Å². The fourth-order valence-corrected chi connectivity index (χ4v) is 2.21. The molecular formula is C5H9NO4S2. The Morgan fingerprint density at radius 1 is 1.58 bits per heavy atom. The van der Waals surface area contributed by atoms with Gasteiger partial charge in [0.25, 0.3) is 10.1 Å². The lowest BCUT2D eigenvalue weighted by atomic mass is 10.5. The third kappa shape index (κ3) is 3.00. The Labute approximate surface area is 74.9 Å². The van der Waals surface area contributed by atoms with E-state index in [0.29, 0.717) is 11.6 Å². The molecule has 0 aromatic carbocycles. The number of rotatable bonds is 3. The van der Waals surface area contributed by atoms with Crippen LogP contribution < -0.4 is 0 Å². The van der Waals surface area contributed by atoms with E-state index in [4.69, 9.17) is 4.55 Å². The molecule has 1 saturated heterocycles. The van der Waals surface area contributed by atoms with Gasteiger partial charge in [-0.1, -0.05) is 0 Å². The van der Waals surface area contributed by atoms with Gasteiger partial charge in [-0.15, -0.1) is 11.8 Å². The summed E-state index contributed by atoms with van der Waals surface area (Å²) >= 11 is 1.44. The third-order valence-corrected chi connectivity index (χ3v) is 3.09. The van der Waals surface area contributed by atoms with Gasteiger partial charge in [-0.2, -0.15) is 8.42 Å². The molecule has 5 nitrogen and oxygen atoms in total. The highest BCUT2D eigenvalue weighted by Crippen LogP contribution is 2.14. The average Bonchev–Trinajstić information content (AvgIpc) is 2.29. The molecule has 12 heavy (non-hydrogen) atoms. The maximum atomic E-state index is 10.9. The number of carbonyl (C=O) groups is 1. The van der Waals surface area contributed by atoms with E-state index in [9.17, 15) is 13.2 Å². The number of nitrogens with zero attached hydrogens (tertiary/aromatic N) is 1. The highest BCUT2D eigenvalue weighted by molar-refractivity contribution is 8.00. The number of thioether (sulfide) groups is 1. The van der Waals surface area contributed by atoms with Crippen LogP contribution in [0.2, 0.25) is 0 Å². The summed E-state index contributed by atoms with van der Waals surface area (Å²) in [7, 11) is -3.94. The van der Waals surface area contributed by atoms with Gasteiger partial charge in [0.05, 0.1) is 17.4 Å². The van der Waals surface area contributed by atoms with Crippen molar-refractivity contribution in [3.63, 3.8) is 0 Å². The second kappa shape index (κ2) is 3.63. The molecule has 70 valence electrons. The van der Waals surface area contributed by atoms with E-state index in [1.54, 1.807) is 0 Å². The molecule has 1 heterocycles. The van der Waals surface area contributed by atoms with Crippen LogP contribution in [-0.4, -0.2) is 47.7 Å². The van der Waals surface area contributed by atoms with Crippen LogP contribution in [-0.2, 0) is 14.9 Å². The summed E-state index contributed by atoms with van der Waals surface area (Å²) in [6, 6.07) is 0. The minimum atomic E-state index is -3.94. The van der Waals surface area contributed by atoms with Crippen LogP contribution in [0.5, 0.6) is 0 Å². The lowest BCUT2D eigenvalue weighted by molar-refractivity contribution is -0.126. The van der Waals surface area contributed by atoms with Gasteiger partial charge in [-0.3, -0.25) is 9.35 Å². The van der Waals surface area contributed by atoms with Gasteiger partial charge < -0.3 is 4.90 Å². The molecule has 0 unspecified atom stereocenters. The second-order valence-corrected chi connectivity index (χ2v) is 4.95. The maximum absolute atomic E-state index is 10.9. The van der Waals surface area contributed by atoms with Crippen molar-refractivity contribution in [2.75, 3.05) is 23.9 Å². The van der Waals surface area contributed by atoms with Crippen LogP contribution in [0.15, 0.2) is 0 Å². The molecule has 0 aromatic rings. The van der Waals surface area contributed by atoms with E-state index in [2.05, 4.69) is 0 Å². The number of hydrogen-bond donors (Lipinski definition) is 1. The Kier molecular flexibility index (Phi) is 2.97. The highest BCUT2D eigenvalue weighted by atomic mass is 32.2. The van der Waals surface area contributed by atoms with Crippen molar-refractivity contribution < 1.29 is 17.8 Å². The molecule has 0 atom stereocenters. The summed E-state index contributed by atoms with van der Waals surface area (Å²) in [5.41, 5.74) is 0. The molecule has 0 aliphatic carbocycles. The Hall–Kier alpha value is -0.270. The standard InChI is InChI=1S/C5H9NO4S2/c7-5-3-11-4-6(5)1-2-12(8,9)10/h1-4H2,(H,8,9,10). The van der Waals surface area contributed by atoms with Crippen molar-refractivity contribution in [3.05, 3.63) is 0 Å². The summed E-state index contributed by atoms with van der Waals surface area (Å²) in [5.74, 6) is 0.489. The van der Waals surface area contributed by atoms with Crippen molar-refractivity contribution >= 4 is 27.8 Å². The number of carbonyl (C=O) groups excluding carboxylic acids is 1. The van der Waals surface area contributed by atoms with Gasteiger partial charge in [0, 0.05) is 6.54 Å². The lowest BCUT2D eigenvalue weighted by Crippen LogP contribution is -2.30. The average molecular weight is 211 g/mol. The Balaban J connectivity index is 2.37. The van der Waals surface area contributed by atoms with Crippen LogP contribution in [0.4, 0.5) is 0 Å². The monoisotopic (exact) mass is 211 g/mol. The van der Waals surface area contributed by atoms with Gasteiger partial charge in [0.2, 0.25) is 5.91 Å². The zero-order chi connectivity index (χ0) is 9.19. The van der Waals surface area contributed by atoms with E-state index in [1.165, 1.54) is 16.7 Å². The molecule has 0 radical (unpaired) electrons. The fourth-order valence-electron chi connectivity index (χ4n) is 0.821. The number of hydrogen-bond acceptors (Lipinski definition) is 4. The maximum Gasteiger partial charge on any atom is 0.266 e. The van der Waals surface area contributed by atoms with Crippen LogP contribution in [0.3, 0.4) is 0 Å². The lowest BCUT2D eigenvalue weighted by Gasteiger charge is -2.12. The molecule has 1 rings (SSSR count). The van der Waals surface area contributed by atoms with E-state index in [0.717, 1.165) is 0 Å². The first kappa shape index (κ1) is 9.82. The summed E-state index contributed by atoms with van der Waals surface area (Å²) in [4.78, 5) is 12.3. The molecular weight excluding hydrogens is 202 g/mol. The zero-order valence-electron chi connectivity index (χ0n) is 6.26. The second-order valence-electron chi connectivity index (χ2n) is 2.42. The molecule has 0 aromatic heterocycles. The number of amides is 1. The van der Waals surface area contributed by atoms with E-state index >= 15 is 0 Å². The normalized spacial score (nSPS) is 18.8. The van der Waals surface area contributed by atoms with Crippen LogP contribution >= 0.6 is 11.8 Å². The fraction of sp³-hybridized carbons (Fsp3) is 0.800. The van der Waals surface area contributed by atoms with Gasteiger partial charge in [-0.05, 0) is 0 Å². The molecule has 0 saturated carbocycles. The summed E-state index contributed by atoms with van der Waals surface area (Å²) in [6.45, 7) is 0.0880. The minimum Gasteiger partial charge on any atom is -0.332 e. The summed E-state index contributed by atoms with van der Waals surface area (Å²) in [6.07, 6.45) is 0. The first-order valence-electron chi connectivity index (χ1n) is 3.30. The van der Waals surface area contributed by atoms with Crippen molar-refractivity contribution in [2.24, 2.45) is 0 Å². The molecule has 7 heteroatoms. The van der Waals surface area contributed by atoms with Crippen LogP contribution in [0.25, 0.3) is 0 Å². The van der Waals surface area contributed by atoms with E-state index in [-0.39, 0.29) is 18.2 Å². The predicted molar refractivity (Wildman–Crippen MR) is 45.5 cm³/mol. The zero-order valence-corrected chi connectivity index (χ0v) is 7.90. The Morgan fingerprint density at radius 2 is 2.25 bits per heavy atom. The molecule has 1 aliphatic rings. The van der Waals surface area contributed by atoms with Gasteiger partial charge in [0.1, 0.15) is 0 Å². The summed E-state index contributed by atoms with van der Waals surface area (Å²) < 4.78 is 29.0. The Bertz CT molecular complexity index is 273. The van der Waals surface area contributed by atoms with Crippen LogP contribution in [0.1, 0.15) is 0 Å². The molecule has 0 spiro atoms. The minimum absolute atomic E-state index is 0.0661. The van der Waals surface area contributed by atoms with Gasteiger partial charge >= 0.3 is 0 Å². The third-order valence-electron chi connectivity index (χ3n) is 1.44. The summed E-state index contributed by atoms with van der Waals surface area (Å²) in [5, 5.41) is 0. The van der Waals surface area contributed by atoms with Crippen LogP contribution in [0, 0.1) is 0 Å². The molecule has 1 amide bonds. The predicted octanol–water partition coefficient (Wildman–Crippen LogP) is -0.593. The topological polar surface area (TPSA) is 74.7 Å². The van der Waals surface area contributed by atoms with Crippen molar-refractivity contribution in [1.82, 2.24) is 4.90 Å². The van der Waals surface area contributed by atoms with E-state index < -0.39 is 10.1 Å². The van der Waals surface area contributed by atoms with E-state index in [1.807, 2.05) is 0 Å². The van der Waals surface area contributed by atoms with Crippen molar-refractivity contribution in [3.8, 4) is 0 Å². The Morgan fingerprint density at radius 3 is 2.67 bits per heavy atom.